The highest BCUT2D eigenvalue weighted by Crippen LogP contribution is 2.23. The molecule has 15 heavy (non-hydrogen) atoms. The molecule has 82 valence electrons. The number of ether oxygens (including phenoxy) is 1. The third-order valence-electron chi connectivity index (χ3n) is 1.88. The van der Waals surface area contributed by atoms with Crippen LogP contribution in [0.3, 0.4) is 0 Å². The van der Waals surface area contributed by atoms with E-state index in [1.165, 1.54) is 11.3 Å². The van der Waals surface area contributed by atoms with E-state index in [-0.39, 0.29) is 5.97 Å². The molecule has 1 heterocycles. The quantitative estimate of drug-likeness (QED) is 0.450. The molecule has 1 aromatic rings. The second-order valence-electron chi connectivity index (χ2n) is 2.82. The molecule has 0 amide bonds. The Morgan fingerprint density at radius 3 is 3.00 bits per heavy atom. The molecule has 0 saturated heterocycles. The predicted molar refractivity (Wildman–Crippen MR) is 65.4 cm³/mol. The zero-order valence-corrected chi connectivity index (χ0v) is 10.5. The van der Waals surface area contributed by atoms with E-state index in [0.717, 1.165) is 17.7 Å². The van der Waals surface area contributed by atoms with E-state index in [1.54, 1.807) is 23.1 Å². The Morgan fingerprint density at radius 2 is 2.47 bits per heavy atom. The van der Waals surface area contributed by atoms with Crippen molar-refractivity contribution in [1.82, 2.24) is 0 Å². The lowest BCUT2D eigenvalue weighted by molar-refractivity contribution is -0.136. The number of rotatable bonds is 5. The summed E-state index contributed by atoms with van der Waals surface area (Å²) in [6, 6.07) is 4.10. The number of hydrogen-bond acceptors (Lipinski definition) is 4. The number of carbonyl (C=O) groups is 1. The maximum absolute atomic E-state index is 11.2. The second kappa shape index (κ2) is 6.69. The fourth-order valence-electron chi connectivity index (χ4n) is 1.07. The largest absolute Gasteiger partial charge is 0.466 e. The van der Waals surface area contributed by atoms with E-state index >= 15 is 0 Å². The predicted octanol–water partition coefficient (Wildman–Crippen LogP) is 3.35. The summed E-state index contributed by atoms with van der Waals surface area (Å²) in [5.74, 6) is 0.600. The standard InChI is InChI=1S/C11H14O2S2/c1-3-9(11(12)13-2)6-8-15-10-5-4-7-14-10/h4-7H,3,8H2,1-2H3. The molecule has 2 nitrogen and oxygen atoms in total. The number of thioether (sulfide) groups is 1. The van der Waals surface area contributed by atoms with E-state index < -0.39 is 0 Å². The van der Waals surface area contributed by atoms with Crippen LogP contribution in [-0.4, -0.2) is 18.8 Å². The van der Waals surface area contributed by atoms with E-state index in [0.29, 0.717) is 0 Å². The molecule has 1 aromatic heterocycles. The summed E-state index contributed by atoms with van der Waals surface area (Å²) in [6.07, 6.45) is 2.66. The summed E-state index contributed by atoms with van der Waals surface area (Å²) >= 11 is 3.45. The summed E-state index contributed by atoms with van der Waals surface area (Å²) in [7, 11) is 1.41. The van der Waals surface area contributed by atoms with Crippen molar-refractivity contribution in [3.8, 4) is 0 Å². The number of esters is 1. The Balaban J connectivity index is 2.44. The van der Waals surface area contributed by atoms with Crippen molar-refractivity contribution in [1.29, 1.82) is 0 Å². The molecule has 1 rings (SSSR count). The molecule has 0 saturated carbocycles. The summed E-state index contributed by atoms with van der Waals surface area (Å²) in [4.78, 5) is 11.2. The molecule has 4 heteroatoms. The molecule has 0 spiro atoms. The average molecular weight is 242 g/mol. The lowest BCUT2D eigenvalue weighted by Gasteiger charge is -2.01. The van der Waals surface area contributed by atoms with Gasteiger partial charge in [0.05, 0.1) is 11.3 Å². The van der Waals surface area contributed by atoms with Crippen molar-refractivity contribution < 1.29 is 9.53 Å². The SMILES string of the molecule is CCC(=CCSc1cccs1)C(=O)OC. The Labute approximate surface area is 98.3 Å². The average Bonchev–Trinajstić information content (AvgIpc) is 2.76. The second-order valence-corrected chi connectivity index (χ2v) is 5.09. The minimum absolute atomic E-state index is 0.218. The molecule has 0 fully saturated rings. The van der Waals surface area contributed by atoms with Crippen LogP contribution >= 0.6 is 23.1 Å². The maximum atomic E-state index is 11.2. The van der Waals surface area contributed by atoms with Gasteiger partial charge in [-0.25, -0.2) is 4.79 Å². The normalized spacial score (nSPS) is 11.5. The minimum Gasteiger partial charge on any atom is -0.466 e. The topological polar surface area (TPSA) is 26.3 Å². The van der Waals surface area contributed by atoms with Gasteiger partial charge in [0, 0.05) is 11.3 Å². The van der Waals surface area contributed by atoms with Gasteiger partial charge in [-0.1, -0.05) is 19.1 Å². The Hall–Kier alpha value is -0.740. The molecule has 0 aromatic carbocycles. The Kier molecular flexibility index (Phi) is 5.50. The van der Waals surface area contributed by atoms with Gasteiger partial charge in [0.2, 0.25) is 0 Å². The molecule has 0 aliphatic carbocycles. The zero-order chi connectivity index (χ0) is 11.1. The van der Waals surface area contributed by atoms with Crippen molar-refractivity contribution in [2.45, 2.75) is 17.6 Å². The molecular formula is C11H14O2S2. The zero-order valence-electron chi connectivity index (χ0n) is 8.86. The van der Waals surface area contributed by atoms with Gasteiger partial charge in [0.25, 0.3) is 0 Å². The van der Waals surface area contributed by atoms with Gasteiger partial charge in [-0.2, -0.15) is 0 Å². The molecule has 0 radical (unpaired) electrons. The molecule has 0 N–H and O–H groups in total. The summed E-state index contributed by atoms with van der Waals surface area (Å²) in [5, 5.41) is 2.05. The first kappa shape index (κ1) is 12.3. The monoisotopic (exact) mass is 242 g/mol. The molecule has 0 unspecified atom stereocenters. The van der Waals surface area contributed by atoms with E-state index in [1.807, 2.05) is 24.4 Å². The fraction of sp³-hybridized carbons (Fsp3) is 0.364. The van der Waals surface area contributed by atoms with Gasteiger partial charge in [-0.3, -0.25) is 0 Å². The highest BCUT2D eigenvalue weighted by molar-refractivity contribution is 8.01. The van der Waals surface area contributed by atoms with Crippen LogP contribution in [0.15, 0.2) is 33.4 Å². The van der Waals surface area contributed by atoms with Crippen molar-refractivity contribution in [2.24, 2.45) is 0 Å². The van der Waals surface area contributed by atoms with Gasteiger partial charge in [-0.15, -0.1) is 23.1 Å². The highest BCUT2D eigenvalue weighted by atomic mass is 32.2. The van der Waals surface area contributed by atoms with Gasteiger partial charge >= 0.3 is 5.97 Å². The van der Waals surface area contributed by atoms with Crippen LogP contribution in [0.1, 0.15) is 13.3 Å². The van der Waals surface area contributed by atoms with Gasteiger partial charge in [0.15, 0.2) is 0 Å². The van der Waals surface area contributed by atoms with E-state index in [9.17, 15) is 4.79 Å². The van der Waals surface area contributed by atoms with Crippen LogP contribution in [-0.2, 0) is 9.53 Å². The lowest BCUT2D eigenvalue weighted by atomic mass is 10.2. The van der Waals surface area contributed by atoms with E-state index in [4.69, 9.17) is 0 Å². The van der Waals surface area contributed by atoms with Gasteiger partial charge in [0.1, 0.15) is 0 Å². The maximum Gasteiger partial charge on any atom is 0.333 e. The van der Waals surface area contributed by atoms with Crippen molar-refractivity contribution in [3.05, 3.63) is 29.2 Å². The number of methoxy groups -OCH3 is 1. The summed E-state index contributed by atoms with van der Waals surface area (Å²) in [5.41, 5.74) is 0.751. The number of carbonyl (C=O) groups excluding carboxylic acids is 1. The lowest BCUT2D eigenvalue weighted by Crippen LogP contribution is -2.04. The first-order chi connectivity index (χ1) is 7.27. The molecule has 0 aliphatic rings. The van der Waals surface area contributed by atoms with Crippen LogP contribution in [0.2, 0.25) is 0 Å². The van der Waals surface area contributed by atoms with Crippen molar-refractivity contribution in [3.63, 3.8) is 0 Å². The van der Waals surface area contributed by atoms with Crippen molar-refractivity contribution in [2.75, 3.05) is 12.9 Å². The summed E-state index contributed by atoms with van der Waals surface area (Å²) < 4.78 is 5.95. The third-order valence-corrected chi connectivity index (χ3v) is 3.94. The first-order valence-corrected chi connectivity index (χ1v) is 6.58. The van der Waals surface area contributed by atoms with Crippen LogP contribution in [0.4, 0.5) is 0 Å². The van der Waals surface area contributed by atoms with Gasteiger partial charge in [-0.05, 0) is 17.9 Å². The Bertz CT molecular complexity index is 328. The fourth-order valence-corrected chi connectivity index (χ4v) is 2.79. The van der Waals surface area contributed by atoms with Crippen LogP contribution in [0.5, 0.6) is 0 Å². The summed E-state index contributed by atoms with van der Waals surface area (Å²) in [6.45, 7) is 1.96. The number of hydrogen-bond donors (Lipinski definition) is 0. The smallest absolute Gasteiger partial charge is 0.333 e. The molecule has 0 atom stereocenters. The molecule has 0 bridgehead atoms. The van der Waals surface area contributed by atoms with Crippen LogP contribution in [0, 0.1) is 0 Å². The van der Waals surface area contributed by atoms with Gasteiger partial charge < -0.3 is 4.74 Å². The first-order valence-electron chi connectivity index (χ1n) is 4.71. The highest BCUT2D eigenvalue weighted by Gasteiger charge is 2.05. The van der Waals surface area contributed by atoms with E-state index in [2.05, 4.69) is 10.8 Å². The minimum atomic E-state index is -0.218. The van der Waals surface area contributed by atoms with Crippen molar-refractivity contribution >= 4 is 29.1 Å². The van der Waals surface area contributed by atoms with Crippen LogP contribution < -0.4 is 0 Å². The van der Waals surface area contributed by atoms with Crippen LogP contribution in [0.25, 0.3) is 0 Å². The third kappa shape index (κ3) is 4.10. The number of thiophene rings is 1. The molecular weight excluding hydrogens is 228 g/mol. The molecule has 0 aliphatic heterocycles. The Morgan fingerprint density at radius 1 is 1.67 bits per heavy atom.